The van der Waals surface area contributed by atoms with Gasteiger partial charge in [-0.25, -0.2) is 14.2 Å². The largest absolute Gasteiger partial charge is 0.460 e. The van der Waals surface area contributed by atoms with E-state index in [1.807, 2.05) is 30.3 Å². The zero-order valence-corrected chi connectivity index (χ0v) is 23.6. The molecule has 3 aromatic rings. The molecule has 0 spiro atoms. The third kappa shape index (κ3) is 6.85. The summed E-state index contributed by atoms with van der Waals surface area (Å²) in [5, 5.41) is 5.31. The van der Waals surface area contributed by atoms with Gasteiger partial charge in [-0.3, -0.25) is 14.9 Å². The molecule has 1 saturated heterocycles. The fourth-order valence-electron chi connectivity index (χ4n) is 4.84. The second-order valence-electron chi connectivity index (χ2n) is 10.8. The number of hydrogen-bond acceptors (Lipinski definition) is 7. The van der Waals surface area contributed by atoms with E-state index in [2.05, 4.69) is 27.6 Å². The Kier molecular flexibility index (Phi) is 8.67. The number of likely N-dealkylation sites (tertiary alicyclic amines) is 1. The number of carbonyl (C=O) groups excluding carboxylic acids is 3. The quantitative estimate of drug-likeness (QED) is 0.272. The summed E-state index contributed by atoms with van der Waals surface area (Å²) in [4.78, 5) is 46.5. The Morgan fingerprint density at radius 3 is 2.43 bits per heavy atom. The first-order valence-corrected chi connectivity index (χ1v) is 13.9. The van der Waals surface area contributed by atoms with Crippen LogP contribution in [0.3, 0.4) is 0 Å². The van der Waals surface area contributed by atoms with Gasteiger partial charge in [0.2, 0.25) is 5.91 Å². The number of halogens is 1. The molecular weight excluding hydrogens is 541 g/mol. The number of carbonyl (C=O) groups is 3. The van der Waals surface area contributed by atoms with Gasteiger partial charge < -0.3 is 24.6 Å². The van der Waals surface area contributed by atoms with Crippen LogP contribution in [0.4, 0.5) is 20.7 Å². The Morgan fingerprint density at radius 1 is 1.02 bits per heavy atom. The third-order valence-electron chi connectivity index (χ3n) is 7.74. The number of rotatable bonds is 9. The molecule has 2 heterocycles. The van der Waals surface area contributed by atoms with Crippen LogP contribution in [0.5, 0.6) is 11.5 Å². The van der Waals surface area contributed by atoms with Gasteiger partial charge in [0.25, 0.3) is 0 Å². The maximum absolute atomic E-state index is 14.9. The number of amides is 3. The van der Waals surface area contributed by atoms with E-state index in [1.54, 1.807) is 24.1 Å². The van der Waals surface area contributed by atoms with Crippen LogP contribution < -0.4 is 15.4 Å². The normalized spacial score (nSPS) is 16.3. The Balaban J connectivity index is 1.16. The minimum Gasteiger partial charge on any atom is -0.460 e. The molecule has 1 aliphatic heterocycles. The highest BCUT2D eigenvalue weighted by Crippen LogP contribution is 2.48. The standard InChI is InChI=1S/C31H34FN5O5/c1-36-16-11-22(12-17-36)37(2)30(40)35-27-19-24(10-15-33-27)42-23-8-9-26(25(32)18-23)34-28(38)31(13-14-31)29(39)41-20-21-6-4-3-5-7-21/h3-10,15,18-19,22H,11-14,16-17,20H2,1-2H3,(H,34,38)(H,33,35,40). The molecule has 0 radical (unpaired) electrons. The van der Waals surface area contributed by atoms with E-state index in [1.165, 1.54) is 18.3 Å². The number of anilines is 2. The average molecular weight is 576 g/mol. The maximum atomic E-state index is 14.9. The Labute approximate surface area is 243 Å². The molecule has 2 fully saturated rings. The molecule has 0 bridgehead atoms. The smallest absolute Gasteiger partial charge is 0.323 e. The summed E-state index contributed by atoms with van der Waals surface area (Å²) in [7, 11) is 3.84. The van der Waals surface area contributed by atoms with Gasteiger partial charge in [-0.1, -0.05) is 30.3 Å². The highest BCUT2D eigenvalue weighted by atomic mass is 19.1. The lowest BCUT2D eigenvalue weighted by molar-refractivity contribution is -0.154. The number of esters is 1. The predicted octanol–water partition coefficient (Wildman–Crippen LogP) is 5.03. The van der Waals surface area contributed by atoms with Crippen molar-refractivity contribution in [2.45, 2.75) is 38.3 Å². The predicted molar refractivity (Wildman–Crippen MR) is 155 cm³/mol. The van der Waals surface area contributed by atoms with E-state index in [4.69, 9.17) is 9.47 Å². The number of piperidine rings is 1. The van der Waals surface area contributed by atoms with Crippen molar-refractivity contribution < 1.29 is 28.2 Å². The number of hydrogen-bond donors (Lipinski definition) is 2. The third-order valence-corrected chi connectivity index (χ3v) is 7.74. The summed E-state index contributed by atoms with van der Waals surface area (Å²) < 4.78 is 26.1. The van der Waals surface area contributed by atoms with Gasteiger partial charge in [-0.05, 0) is 69.6 Å². The Hall–Kier alpha value is -4.51. The van der Waals surface area contributed by atoms with E-state index in [0.717, 1.165) is 37.6 Å². The van der Waals surface area contributed by atoms with Gasteiger partial charge in [-0.15, -0.1) is 0 Å². The van der Waals surface area contributed by atoms with Crippen LogP contribution in [0.25, 0.3) is 0 Å². The monoisotopic (exact) mass is 575 g/mol. The molecule has 2 aromatic carbocycles. The van der Waals surface area contributed by atoms with Gasteiger partial charge in [0, 0.05) is 31.4 Å². The molecule has 0 unspecified atom stereocenters. The lowest BCUT2D eigenvalue weighted by atomic mass is 10.0. The lowest BCUT2D eigenvalue weighted by Gasteiger charge is -2.34. The second kappa shape index (κ2) is 12.6. The van der Waals surface area contributed by atoms with Crippen LogP contribution >= 0.6 is 0 Å². The van der Waals surface area contributed by atoms with Gasteiger partial charge in [0.05, 0.1) is 5.69 Å². The van der Waals surface area contributed by atoms with Crippen molar-refractivity contribution in [3.63, 3.8) is 0 Å². The summed E-state index contributed by atoms with van der Waals surface area (Å²) in [6.07, 6.45) is 3.96. The lowest BCUT2D eigenvalue weighted by Crippen LogP contribution is -2.46. The summed E-state index contributed by atoms with van der Waals surface area (Å²) >= 11 is 0. The maximum Gasteiger partial charge on any atom is 0.323 e. The highest BCUT2D eigenvalue weighted by Gasteiger charge is 2.58. The van der Waals surface area contributed by atoms with Crippen LogP contribution in [0, 0.1) is 11.2 Å². The first-order valence-electron chi connectivity index (χ1n) is 13.9. The minimum atomic E-state index is -1.31. The SMILES string of the molecule is CN1CCC(N(C)C(=O)Nc2cc(Oc3ccc(NC(=O)C4(C(=O)OCc5ccccc5)CC4)c(F)c3)ccn2)CC1. The topological polar surface area (TPSA) is 113 Å². The van der Waals surface area contributed by atoms with E-state index < -0.39 is 23.1 Å². The summed E-state index contributed by atoms with van der Waals surface area (Å²) in [6.45, 7) is 1.93. The fraction of sp³-hybridized carbons (Fsp3) is 0.355. The van der Waals surface area contributed by atoms with Crippen molar-refractivity contribution in [1.82, 2.24) is 14.8 Å². The number of urea groups is 1. The Bertz CT molecular complexity index is 1440. The number of benzene rings is 2. The first kappa shape index (κ1) is 29.0. The fourth-order valence-corrected chi connectivity index (χ4v) is 4.84. The molecule has 1 aromatic heterocycles. The molecule has 10 nitrogen and oxygen atoms in total. The van der Waals surface area contributed by atoms with E-state index in [9.17, 15) is 18.8 Å². The summed E-state index contributed by atoms with van der Waals surface area (Å²) in [6, 6.07) is 16.2. The van der Waals surface area contributed by atoms with Gasteiger partial charge in [0.15, 0.2) is 0 Å². The molecule has 11 heteroatoms. The average Bonchev–Trinajstić information content (AvgIpc) is 3.80. The van der Waals surface area contributed by atoms with Crippen molar-refractivity contribution in [3.05, 3.63) is 78.2 Å². The van der Waals surface area contributed by atoms with Gasteiger partial charge >= 0.3 is 12.0 Å². The summed E-state index contributed by atoms with van der Waals surface area (Å²) in [5.74, 6) is -1.13. The van der Waals surface area contributed by atoms with Crippen LogP contribution in [-0.2, 0) is 20.9 Å². The number of nitrogens with one attached hydrogen (secondary N) is 2. The van der Waals surface area contributed by atoms with Crippen LogP contribution in [0.1, 0.15) is 31.2 Å². The van der Waals surface area contributed by atoms with Crippen molar-refractivity contribution in [3.8, 4) is 11.5 Å². The van der Waals surface area contributed by atoms with Gasteiger partial charge in [0.1, 0.15) is 35.2 Å². The molecule has 1 saturated carbocycles. The van der Waals surface area contributed by atoms with Crippen molar-refractivity contribution in [2.24, 2.45) is 5.41 Å². The summed E-state index contributed by atoms with van der Waals surface area (Å²) in [5.41, 5.74) is -0.572. The van der Waals surface area contributed by atoms with Crippen molar-refractivity contribution >= 4 is 29.4 Å². The molecule has 3 amide bonds. The van der Waals surface area contributed by atoms with Crippen molar-refractivity contribution in [1.29, 1.82) is 0 Å². The molecule has 1 aliphatic carbocycles. The molecular formula is C31H34FN5O5. The molecule has 2 N–H and O–H groups in total. The van der Waals surface area contributed by atoms with Crippen molar-refractivity contribution in [2.75, 3.05) is 37.8 Å². The molecule has 0 atom stereocenters. The number of ether oxygens (including phenoxy) is 2. The minimum absolute atomic E-state index is 0.0601. The highest BCUT2D eigenvalue weighted by molar-refractivity contribution is 6.11. The number of pyridine rings is 1. The van der Waals surface area contributed by atoms with E-state index in [-0.39, 0.29) is 30.1 Å². The first-order chi connectivity index (χ1) is 20.2. The van der Waals surface area contributed by atoms with Crippen LogP contribution in [-0.4, -0.2) is 65.9 Å². The molecule has 220 valence electrons. The van der Waals surface area contributed by atoms with E-state index in [0.29, 0.717) is 24.4 Å². The zero-order chi connectivity index (χ0) is 29.7. The molecule has 42 heavy (non-hydrogen) atoms. The van der Waals surface area contributed by atoms with Gasteiger partial charge in [-0.2, -0.15) is 0 Å². The zero-order valence-electron chi connectivity index (χ0n) is 23.6. The Morgan fingerprint density at radius 2 is 1.74 bits per heavy atom. The van der Waals surface area contributed by atoms with Crippen LogP contribution in [0.15, 0.2) is 66.9 Å². The molecule has 5 rings (SSSR count). The van der Waals surface area contributed by atoms with Crippen LogP contribution in [0.2, 0.25) is 0 Å². The van der Waals surface area contributed by atoms with E-state index >= 15 is 0 Å². The second-order valence-corrected chi connectivity index (χ2v) is 10.8. The molecule has 2 aliphatic rings. The number of aromatic nitrogens is 1. The number of nitrogens with zero attached hydrogens (tertiary/aromatic N) is 3.